The van der Waals surface area contributed by atoms with Gasteiger partial charge in [0.05, 0.1) is 16.8 Å². The highest BCUT2D eigenvalue weighted by molar-refractivity contribution is 6.06. The molecule has 1 saturated carbocycles. The zero-order valence-electron chi connectivity index (χ0n) is 15.5. The van der Waals surface area contributed by atoms with Crippen LogP contribution in [0, 0.1) is 0 Å². The number of anilines is 2. The molecule has 2 heterocycles. The smallest absolute Gasteiger partial charge is 0.383 e. The van der Waals surface area contributed by atoms with Crippen LogP contribution in [0.4, 0.5) is 24.7 Å². The highest BCUT2D eigenvalue weighted by Gasteiger charge is 2.38. The Hall–Kier alpha value is -2.97. The van der Waals surface area contributed by atoms with Crippen molar-refractivity contribution < 1.29 is 18.0 Å². The Balaban J connectivity index is 1.75. The van der Waals surface area contributed by atoms with Crippen LogP contribution in [0.5, 0.6) is 0 Å². The maximum absolute atomic E-state index is 13.2. The van der Waals surface area contributed by atoms with Gasteiger partial charge in [0.2, 0.25) is 5.91 Å². The number of rotatable bonds is 3. The SMILES string of the molecule is Nc1ncnc(C2C(=O)Nc3ccc(C(F)(F)F)cc32)c1C=NC1CCCCC1. The lowest BCUT2D eigenvalue weighted by Crippen LogP contribution is -2.18. The average molecular weight is 403 g/mol. The largest absolute Gasteiger partial charge is 0.416 e. The molecule has 1 atom stereocenters. The van der Waals surface area contributed by atoms with Crippen LogP contribution >= 0.6 is 0 Å². The molecule has 152 valence electrons. The number of hydrogen-bond donors (Lipinski definition) is 2. The zero-order valence-corrected chi connectivity index (χ0v) is 15.5. The number of hydrogen-bond acceptors (Lipinski definition) is 5. The molecule has 1 aromatic carbocycles. The molecule has 2 aliphatic rings. The molecule has 1 aliphatic heterocycles. The van der Waals surface area contributed by atoms with Crippen molar-refractivity contribution in [2.24, 2.45) is 4.99 Å². The molecule has 1 aromatic heterocycles. The number of aromatic nitrogens is 2. The molecule has 1 fully saturated rings. The van der Waals surface area contributed by atoms with E-state index in [1.807, 2.05) is 0 Å². The van der Waals surface area contributed by atoms with E-state index in [9.17, 15) is 18.0 Å². The predicted molar refractivity (Wildman–Crippen MR) is 103 cm³/mol. The van der Waals surface area contributed by atoms with E-state index in [0.717, 1.165) is 37.8 Å². The van der Waals surface area contributed by atoms with Crippen LogP contribution in [0.25, 0.3) is 0 Å². The summed E-state index contributed by atoms with van der Waals surface area (Å²) < 4.78 is 39.5. The molecule has 0 radical (unpaired) electrons. The number of amides is 1. The number of aliphatic imine (C=N–C) groups is 1. The Morgan fingerprint density at radius 1 is 1.17 bits per heavy atom. The summed E-state index contributed by atoms with van der Waals surface area (Å²) in [6.45, 7) is 0. The van der Waals surface area contributed by atoms with Crippen LogP contribution in [-0.2, 0) is 11.0 Å². The third-order valence-corrected chi connectivity index (χ3v) is 5.42. The van der Waals surface area contributed by atoms with Crippen molar-refractivity contribution in [3.05, 3.63) is 46.9 Å². The van der Waals surface area contributed by atoms with Gasteiger partial charge in [-0.25, -0.2) is 9.97 Å². The van der Waals surface area contributed by atoms with E-state index in [-0.39, 0.29) is 23.1 Å². The molecule has 0 saturated heterocycles. The summed E-state index contributed by atoms with van der Waals surface area (Å²) in [5.41, 5.74) is 6.38. The fraction of sp³-hybridized carbons (Fsp3) is 0.400. The van der Waals surface area contributed by atoms with Crippen molar-refractivity contribution >= 4 is 23.6 Å². The number of carbonyl (C=O) groups is 1. The Labute approximate surface area is 165 Å². The van der Waals surface area contributed by atoms with E-state index < -0.39 is 23.6 Å². The van der Waals surface area contributed by atoms with Gasteiger partial charge in [0.25, 0.3) is 0 Å². The Kier molecular flexibility index (Phi) is 4.97. The summed E-state index contributed by atoms with van der Waals surface area (Å²) in [6, 6.07) is 3.35. The molecule has 1 amide bonds. The highest BCUT2D eigenvalue weighted by Crippen LogP contribution is 2.41. The second-order valence-corrected chi connectivity index (χ2v) is 7.35. The van der Waals surface area contributed by atoms with Gasteiger partial charge in [0.15, 0.2) is 0 Å². The number of halogens is 3. The molecule has 29 heavy (non-hydrogen) atoms. The third-order valence-electron chi connectivity index (χ3n) is 5.42. The van der Waals surface area contributed by atoms with Crippen molar-refractivity contribution in [3.8, 4) is 0 Å². The van der Waals surface area contributed by atoms with Crippen LogP contribution in [0.15, 0.2) is 29.5 Å². The molecule has 1 unspecified atom stereocenters. The number of nitrogen functional groups attached to an aromatic ring is 1. The molecule has 4 rings (SSSR count). The van der Waals surface area contributed by atoms with Gasteiger partial charge in [-0.2, -0.15) is 13.2 Å². The van der Waals surface area contributed by atoms with Gasteiger partial charge in [-0.15, -0.1) is 0 Å². The summed E-state index contributed by atoms with van der Waals surface area (Å²) >= 11 is 0. The number of benzene rings is 1. The first-order chi connectivity index (χ1) is 13.8. The fourth-order valence-electron chi connectivity index (χ4n) is 3.91. The minimum Gasteiger partial charge on any atom is -0.383 e. The lowest BCUT2D eigenvalue weighted by molar-refractivity contribution is -0.137. The first kappa shape index (κ1) is 19.4. The van der Waals surface area contributed by atoms with E-state index in [1.54, 1.807) is 6.21 Å². The Morgan fingerprint density at radius 3 is 2.66 bits per heavy atom. The average Bonchev–Trinajstić information content (AvgIpc) is 3.02. The first-order valence-corrected chi connectivity index (χ1v) is 9.50. The van der Waals surface area contributed by atoms with Crippen molar-refractivity contribution in [2.45, 2.75) is 50.2 Å². The molecule has 2 aromatic rings. The number of nitrogens with two attached hydrogens (primary N) is 1. The van der Waals surface area contributed by atoms with E-state index in [1.165, 1.54) is 18.8 Å². The first-order valence-electron chi connectivity index (χ1n) is 9.50. The number of nitrogens with zero attached hydrogens (tertiary/aromatic N) is 3. The quantitative estimate of drug-likeness (QED) is 0.760. The molecule has 0 bridgehead atoms. The van der Waals surface area contributed by atoms with Crippen LogP contribution in [-0.4, -0.2) is 28.1 Å². The maximum Gasteiger partial charge on any atom is 0.416 e. The van der Waals surface area contributed by atoms with Gasteiger partial charge in [-0.3, -0.25) is 9.79 Å². The fourth-order valence-corrected chi connectivity index (χ4v) is 3.91. The normalized spacial score (nSPS) is 20.1. The predicted octanol–water partition coefficient (Wildman–Crippen LogP) is 3.91. The summed E-state index contributed by atoms with van der Waals surface area (Å²) in [6.07, 6.45) is 3.61. The Bertz CT molecular complexity index is 967. The van der Waals surface area contributed by atoms with E-state index in [0.29, 0.717) is 11.3 Å². The lowest BCUT2D eigenvalue weighted by atomic mass is 9.92. The summed E-state index contributed by atoms with van der Waals surface area (Å²) in [5, 5.41) is 2.62. The summed E-state index contributed by atoms with van der Waals surface area (Å²) in [5.74, 6) is -1.32. The van der Waals surface area contributed by atoms with E-state index in [2.05, 4.69) is 20.3 Å². The van der Waals surface area contributed by atoms with Crippen molar-refractivity contribution in [3.63, 3.8) is 0 Å². The molecule has 3 N–H and O–H groups in total. The van der Waals surface area contributed by atoms with Gasteiger partial charge >= 0.3 is 6.18 Å². The van der Waals surface area contributed by atoms with Gasteiger partial charge in [-0.05, 0) is 36.6 Å². The number of fused-ring (bicyclic) bond motifs is 1. The minimum atomic E-state index is -4.51. The van der Waals surface area contributed by atoms with Crippen molar-refractivity contribution in [1.82, 2.24) is 9.97 Å². The van der Waals surface area contributed by atoms with Crippen LogP contribution in [0.2, 0.25) is 0 Å². The number of carbonyl (C=O) groups excluding carboxylic acids is 1. The van der Waals surface area contributed by atoms with Gasteiger partial charge in [0, 0.05) is 17.9 Å². The maximum atomic E-state index is 13.2. The number of nitrogens with one attached hydrogen (secondary N) is 1. The van der Waals surface area contributed by atoms with Gasteiger partial charge in [0.1, 0.15) is 18.1 Å². The third kappa shape index (κ3) is 3.81. The molecule has 0 spiro atoms. The second-order valence-electron chi connectivity index (χ2n) is 7.35. The zero-order chi connectivity index (χ0) is 20.6. The lowest BCUT2D eigenvalue weighted by Gasteiger charge is -2.18. The van der Waals surface area contributed by atoms with Crippen LogP contribution < -0.4 is 11.1 Å². The van der Waals surface area contributed by atoms with Crippen molar-refractivity contribution in [1.29, 1.82) is 0 Å². The second kappa shape index (κ2) is 7.46. The molecule has 6 nitrogen and oxygen atoms in total. The van der Waals surface area contributed by atoms with E-state index in [4.69, 9.17) is 5.73 Å². The topological polar surface area (TPSA) is 93.3 Å². The van der Waals surface area contributed by atoms with Crippen LogP contribution in [0.3, 0.4) is 0 Å². The van der Waals surface area contributed by atoms with Crippen molar-refractivity contribution in [2.75, 3.05) is 11.1 Å². The monoisotopic (exact) mass is 403 g/mol. The molecule has 9 heteroatoms. The van der Waals surface area contributed by atoms with Crippen LogP contribution in [0.1, 0.15) is 60.4 Å². The highest BCUT2D eigenvalue weighted by atomic mass is 19.4. The Morgan fingerprint density at radius 2 is 1.93 bits per heavy atom. The molecular formula is C20H20F3N5O. The summed E-state index contributed by atoms with van der Waals surface area (Å²) in [4.78, 5) is 25.4. The number of alkyl halides is 3. The van der Waals surface area contributed by atoms with Gasteiger partial charge < -0.3 is 11.1 Å². The molecular weight excluding hydrogens is 383 g/mol. The van der Waals surface area contributed by atoms with Gasteiger partial charge in [-0.1, -0.05) is 19.3 Å². The summed E-state index contributed by atoms with van der Waals surface area (Å²) in [7, 11) is 0. The minimum absolute atomic E-state index is 0.141. The van der Waals surface area contributed by atoms with E-state index >= 15 is 0 Å². The molecule has 1 aliphatic carbocycles. The standard InChI is InChI=1S/C20H20F3N5O/c21-20(22,23)11-6-7-15-13(8-11)16(19(29)28-15)17-14(18(24)27-10-26-17)9-25-12-4-2-1-3-5-12/h6-10,12,16H,1-5H2,(H,28,29)(H2,24,26,27).